The van der Waals surface area contributed by atoms with E-state index in [0.29, 0.717) is 43.1 Å². The van der Waals surface area contributed by atoms with E-state index in [1.165, 1.54) is 20.8 Å². The number of carboxylic acid groups (broad SMARTS) is 1. The van der Waals surface area contributed by atoms with Crippen LogP contribution in [0, 0.1) is 49.1 Å². The molecule has 0 radical (unpaired) electrons. The second kappa shape index (κ2) is 16.6. The Morgan fingerprint density at radius 1 is 0.981 bits per heavy atom. The number of hydrogen-bond acceptors (Lipinski definition) is 4. The van der Waals surface area contributed by atoms with Gasteiger partial charge in [-0.3, -0.25) is 14.4 Å². The molecule has 2 unspecified atom stereocenters. The summed E-state index contributed by atoms with van der Waals surface area (Å²) in [7, 11) is 0. The van der Waals surface area contributed by atoms with Crippen molar-refractivity contribution in [2.24, 2.45) is 5.92 Å². The highest BCUT2D eigenvalue weighted by Gasteiger charge is 2.39. The van der Waals surface area contributed by atoms with E-state index in [4.69, 9.17) is 0 Å². The fourth-order valence-corrected chi connectivity index (χ4v) is 7.27. The number of aliphatic carboxylic acids is 1. The van der Waals surface area contributed by atoms with Gasteiger partial charge in [-0.1, -0.05) is 19.8 Å². The number of aromatic nitrogens is 1. The third-order valence-corrected chi connectivity index (χ3v) is 9.75. The zero-order valence-electron chi connectivity index (χ0n) is 30.9. The summed E-state index contributed by atoms with van der Waals surface area (Å²) in [5.74, 6) is -1.37. The largest absolute Gasteiger partial charge is 0.481 e. The van der Waals surface area contributed by atoms with Crippen molar-refractivity contribution < 1.29 is 41.0 Å². The Balaban J connectivity index is 1.88. The lowest BCUT2D eigenvalue weighted by Gasteiger charge is -2.36. The fraction of sp³-hybridized carbons (Fsp3) is 0.475. The first-order chi connectivity index (χ1) is 24.7. The molecule has 1 aromatic heterocycles. The van der Waals surface area contributed by atoms with Crippen LogP contribution in [0.15, 0.2) is 35.3 Å². The molecule has 0 saturated carbocycles. The van der Waals surface area contributed by atoms with Crippen LogP contribution in [0.5, 0.6) is 0 Å². The minimum Gasteiger partial charge on any atom is -0.481 e. The van der Waals surface area contributed by atoms with E-state index in [-0.39, 0.29) is 40.6 Å². The molecule has 2 heterocycles. The minimum absolute atomic E-state index is 0.0757. The van der Waals surface area contributed by atoms with Crippen LogP contribution in [0.3, 0.4) is 0 Å². The Labute approximate surface area is 305 Å². The number of nitrogens with zero attached hydrogens (tertiary/aromatic N) is 2. The van der Waals surface area contributed by atoms with Gasteiger partial charge < -0.3 is 19.9 Å². The highest BCUT2D eigenvalue weighted by Crippen LogP contribution is 2.40. The number of benzene rings is 2. The summed E-state index contributed by atoms with van der Waals surface area (Å²) >= 11 is 0. The van der Waals surface area contributed by atoms with Gasteiger partial charge in [-0.25, -0.2) is 13.2 Å². The number of amides is 1. The van der Waals surface area contributed by atoms with Crippen LogP contribution in [-0.4, -0.2) is 45.6 Å². The highest BCUT2D eigenvalue weighted by molar-refractivity contribution is 5.82. The molecule has 2 aromatic carbocycles. The summed E-state index contributed by atoms with van der Waals surface area (Å²) in [5.41, 5.74) is -2.85. The number of hydrogen-bond donors (Lipinski definition) is 2. The number of likely N-dealkylation sites (tertiary alicyclic amines) is 1. The quantitative estimate of drug-likeness (QED) is 0.152. The monoisotopic (exact) mass is 745 g/mol. The molecule has 7 nitrogen and oxygen atoms in total. The van der Waals surface area contributed by atoms with Crippen molar-refractivity contribution in [3.05, 3.63) is 91.6 Å². The van der Waals surface area contributed by atoms with Crippen molar-refractivity contribution >= 4 is 11.9 Å². The topological polar surface area (TPSA) is 91.6 Å². The average molecular weight is 746 g/mol. The Morgan fingerprint density at radius 3 is 2.09 bits per heavy atom. The van der Waals surface area contributed by atoms with Gasteiger partial charge in [0.15, 0.2) is 0 Å². The van der Waals surface area contributed by atoms with E-state index in [9.17, 15) is 37.1 Å². The summed E-state index contributed by atoms with van der Waals surface area (Å²) in [6.07, 6.45) is -4.10. The fourth-order valence-electron chi connectivity index (χ4n) is 7.27. The van der Waals surface area contributed by atoms with Gasteiger partial charge in [0.05, 0.1) is 23.6 Å². The van der Waals surface area contributed by atoms with Crippen molar-refractivity contribution in [3.63, 3.8) is 0 Å². The van der Waals surface area contributed by atoms with Gasteiger partial charge in [-0.05, 0) is 119 Å². The standard InChI is InChI=1S/C40H45F6N3O4/c1-8-9-26-17-28(35-23(6)15-27(41)16-24(35)7)38(43)36(37(26)42)31(19-34(51)52)47-39(53)32(14-21(2)3)49-20-29(30(18-33(49)50)40(44,45)46)25-10-12-48(13-11-25)22(4)5/h15-18,20-22,25,31-32H,10-14,19H2,1-7H3,(H,47,53)(H,51,52). The van der Waals surface area contributed by atoms with Crippen LogP contribution in [0.2, 0.25) is 0 Å². The molecule has 1 fully saturated rings. The maximum Gasteiger partial charge on any atom is 0.416 e. The van der Waals surface area contributed by atoms with E-state index >= 15 is 8.78 Å². The van der Waals surface area contributed by atoms with Crippen LogP contribution in [0.4, 0.5) is 26.3 Å². The van der Waals surface area contributed by atoms with E-state index in [1.807, 2.05) is 13.8 Å². The van der Waals surface area contributed by atoms with Gasteiger partial charge in [0.25, 0.3) is 5.56 Å². The molecule has 1 aliphatic heterocycles. The Morgan fingerprint density at radius 2 is 1.58 bits per heavy atom. The SMILES string of the molecule is CC#Cc1cc(-c2c(C)cc(F)cc2C)c(F)c(C(CC(=O)O)NC(=O)C(CC(C)C)n2cc(C3CCN(C(C)C)CC3)c(C(F)(F)F)cc2=O)c1F. The summed E-state index contributed by atoms with van der Waals surface area (Å²) in [5, 5.41) is 12.3. The lowest BCUT2D eigenvalue weighted by atomic mass is 9.86. The summed E-state index contributed by atoms with van der Waals surface area (Å²) in [4.78, 5) is 42.0. The van der Waals surface area contributed by atoms with Crippen LogP contribution >= 0.6 is 0 Å². The molecule has 13 heteroatoms. The number of halogens is 6. The Kier molecular flexibility index (Phi) is 12.9. The molecule has 3 aromatic rings. The normalized spacial score (nSPS) is 15.3. The zero-order valence-corrected chi connectivity index (χ0v) is 30.9. The number of rotatable bonds is 11. The van der Waals surface area contributed by atoms with Gasteiger partial charge >= 0.3 is 12.1 Å². The lowest BCUT2D eigenvalue weighted by Crippen LogP contribution is -2.41. The van der Waals surface area contributed by atoms with Gasteiger partial charge in [0.1, 0.15) is 23.5 Å². The lowest BCUT2D eigenvalue weighted by molar-refractivity contribution is -0.139. The molecule has 1 amide bonds. The van der Waals surface area contributed by atoms with Gasteiger partial charge in [0, 0.05) is 29.4 Å². The molecule has 53 heavy (non-hydrogen) atoms. The molecule has 2 N–H and O–H groups in total. The number of aryl methyl sites for hydroxylation is 2. The molecular formula is C40H45F6N3O4. The van der Waals surface area contributed by atoms with Gasteiger partial charge in [0.2, 0.25) is 5.91 Å². The third kappa shape index (κ3) is 9.33. The summed E-state index contributed by atoms with van der Waals surface area (Å²) in [6, 6.07) is 0.798. The first kappa shape index (κ1) is 41.2. The first-order valence-corrected chi connectivity index (χ1v) is 17.6. The first-order valence-electron chi connectivity index (χ1n) is 17.6. The number of carbonyl (C=O) groups excluding carboxylic acids is 1. The molecule has 286 valence electrons. The average Bonchev–Trinajstić information content (AvgIpc) is 3.04. The molecule has 0 bridgehead atoms. The van der Waals surface area contributed by atoms with E-state index in [0.717, 1.165) is 29.0 Å². The maximum atomic E-state index is 16.7. The van der Waals surface area contributed by atoms with Crippen molar-refractivity contribution in [1.82, 2.24) is 14.8 Å². The second-order valence-corrected chi connectivity index (χ2v) is 14.4. The van der Waals surface area contributed by atoms with Crippen molar-refractivity contribution in [2.45, 2.75) is 104 Å². The second-order valence-electron chi connectivity index (χ2n) is 14.4. The van der Waals surface area contributed by atoms with Crippen LogP contribution in [-0.2, 0) is 15.8 Å². The smallest absolute Gasteiger partial charge is 0.416 e. The molecule has 0 aliphatic carbocycles. The molecule has 0 spiro atoms. The summed E-state index contributed by atoms with van der Waals surface area (Å²) in [6.45, 7) is 12.9. The molecule has 2 atom stereocenters. The third-order valence-electron chi connectivity index (χ3n) is 9.75. The Hall–Kier alpha value is -4.57. The predicted octanol–water partition coefficient (Wildman–Crippen LogP) is 8.45. The minimum atomic E-state index is -4.86. The van der Waals surface area contributed by atoms with Gasteiger partial charge in [-0.2, -0.15) is 13.2 Å². The number of alkyl halides is 3. The van der Waals surface area contributed by atoms with E-state index in [1.54, 1.807) is 13.8 Å². The number of piperidine rings is 1. The van der Waals surface area contributed by atoms with Crippen molar-refractivity contribution in [2.75, 3.05) is 13.1 Å². The van der Waals surface area contributed by atoms with Crippen molar-refractivity contribution in [3.8, 4) is 23.0 Å². The molecule has 1 aliphatic rings. The van der Waals surface area contributed by atoms with Gasteiger partial charge in [-0.15, -0.1) is 5.92 Å². The number of carboxylic acids is 1. The Bertz CT molecular complexity index is 1960. The van der Waals surface area contributed by atoms with Crippen molar-refractivity contribution in [1.29, 1.82) is 0 Å². The maximum absolute atomic E-state index is 16.7. The molecule has 1 saturated heterocycles. The van der Waals surface area contributed by atoms with Crippen LogP contribution in [0.1, 0.15) is 112 Å². The number of pyridine rings is 1. The zero-order chi connectivity index (χ0) is 39.5. The number of nitrogens with one attached hydrogen (secondary N) is 1. The van der Waals surface area contributed by atoms with E-state index < -0.39 is 76.6 Å². The van der Waals surface area contributed by atoms with E-state index in [2.05, 4.69) is 22.1 Å². The predicted molar refractivity (Wildman–Crippen MR) is 190 cm³/mol. The van der Waals surface area contributed by atoms with Crippen LogP contribution in [0.25, 0.3) is 11.1 Å². The summed E-state index contributed by atoms with van der Waals surface area (Å²) < 4.78 is 91.1. The number of carbonyl (C=O) groups is 2. The van der Waals surface area contributed by atoms with Crippen LogP contribution < -0.4 is 10.9 Å². The molecule has 4 rings (SSSR count). The molecular weight excluding hydrogens is 700 g/mol. The highest BCUT2D eigenvalue weighted by atomic mass is 19.4.